The molecule has 0 amide bonds. The Morgan fingerprint density at radius 1 is 1.17 bits per heavy atom. The van der Waals surface area contributed by atoms with Crippen molar-refractivity contribution >= 4 is 0 Å². The first kappa shape index (κ1) is 8.52. The van der Waals surface area contributed by atoms with Crippen LogP contribution in [0.5, 0.6) is 0 Å². The Balaban J connectivity index is 2.02. The van der Waals surface area contributed by atoms with Crippen molar-refractivity contribution in [1.82, 2.24) is 4.90 Å². The first-order chi connectivity index (χ1) is 5.68. The van der Waals surface area contributed by atoms with Gasteiger partial charge in [-0.15, -0.1) is 0 Å². The van der Waals surface area contributed by atoms with Crippen LogP contribution in [0.4, 0.5) is 0 Å². The average molecular weight is 168 g/mol. The smallest absolute Gasteiger partial charge is 0.0120 e. The minimum atomic E-state index is 0.514. The van der Waals surface area contributed by atoms with Crippen LogP contribution in [0.15, 0.2) is 0 Å². The average Bonchev–Trinajstić information content (AvgIpc) is 2.30. The highest BCUT2D eigenvalue weighted by Crippen LogP contribution is 2.36. The molecular weight excluding hydrogens is 148 g/mol. The largest absolute Gasteiger partial charge is 0.327 e. The summed E-state index contributed by atoms with van der Waals surface area (Å²) in [5.74, 6) is 1.59. The predicted octanol–water partition coefficient (Wildman–Crippen LogP) is 1.06. The fourth-order valence-electron chi connectivity index (χ4n) is 2.72. The van der Waals surface area contributed by atoms with Gasteiger partial charge >= 0.3 is 0 Å². The lowest BCUT2D eigenvalue weighted by Gasteiger charge is -2.38. The summed E-state index contributed by atoms with van der Waals surface area (Å²) in [7, 11) is 0. The Hall–Kier alpha value is -0.0800. The second-order valence-corrected chi connectivity index (χ2v) is 4.72. The van der Waals surface area contributed by atoms with Gasteiger partial charge in [-0.1, -0.05) is 0 Å². The van der Waals surface area contributed by atoms with Gasteiger partial charge in [-0.3, -0.25) is 0 Å². The zero-order valence-electron chi connectivity index (χ0n) is 8.16. The van der Waals surface area contributed by atoms with Gasteiger partial charge in [0.25, 0.3) is 0 Å². The molecule has 2 nitrogen and oxygen atoms in total. The molecule has 1 saturated heterocycles. The molecule has 2 heteroatoms. The topological polar surface area (TPSA) is 29.3 Å². The molecule has 2 rings (SSSR count). The van der Waals surface area contributed by atoms with Crippen LogP contribution < -0.4 is 5.73 Å². The lowest BCUT2D eigenvalue weighted by atomic mass is 9.92. The lowest BCUT2D eigenvalue weighted by Crippen LogP contribution is -2.50. The maximum atomic E-state index is 6.12. The summed E-state index contributed by atoms with van der Waals surface area (Å²) in [4.78, 5) is 2.59. The summed E-state index contributed by atoms with van der Waals surface area (Å²) in [6, 6.07) is 1.22. The minimum absolute atomic E-state index is 0.514. The summed E-state index contributed by atoms with van der Waals surface area (Å²) >= 11 is 0. The van der Waals surface area contributed by atoms with E-state index in [0.29, 0.717) is 12.1 Å². The van der Waals surface area contributed by atoms with Crippen LogP contribution >= 0.6 is 0 Å². The van der Waals surface area contributed by atoms with Crippen LogP contribution in [0.3, 0.4) is 0 Å². The molecule has 0 radical (unpaired) electrons. The van der Waals surface area contributed by atoms with Crippen LogP contribution in [-0.4, -0.2) is 30.1 Å². The van der Waals surface area contributed by atoms with Crippen molar-refractivity contribution in [3.05, 3.63) is 0 Å². The molecule has 12 heavy (non-hydrogen) atoms. The van der Waals surface area contributed by atoms with Gasteiger partial charge in [-0.25, -0.2) is 0 Å². The van der Waals surface area contributed by atoms with E-state index in [2.05, 4.69) is 18.7 Å². The monoisotopic (exact) mass is 168 g/mol. The molecule has 2 aliphatic rings. The maximum Gasteiger partial charge on any atom is 0.0120 e. The van der Waals surface area contributed by atoms with Gasteiger partial charge < -0.3 is 10.6 Å². The highest BCUT2D eigenvalue weighted by atomic mass is 15.2. The van der Waals surface area contributed by atoms with Crippen molar-refractivity contribution in [3.8, 4) is 0 Å². The van der Waals surface area contributed by atoms with Gasteiger partial charge in [0.05, 0.1) is 0 Å². The number of hydrogen-bond donors (Lipinski definition) is 1. The lowest BCUT2D eigenvalue weighted by molar-refractivity contribution is 0.117. The predicted molar refractivity (Wildman–Crippen MR) is 50.9 cm³/mol. The summed E-state index contributed by atoms with van der Waals surface area (Å²) in [6.07, 6.45) is 2.74. The molecule has 3 atom stereocenters. The van der Waals surface area contributed by atoms with Crippen molar-refractivity contribution < 1.29 is 0 Å². The first-order valence-corrected chi connectivity index (χ1v) is 5.18. The molecular formula is C10H20N2. The van der Waals surface area contributed by atoms with Crippen molar-refractivity contribution in [1.29, 1.82) is 0 Å². The Morgan fingerprint density at radius 2 is 1.67 bits per heavy atom. The van der Waals surface area contributed by atoms with E-state index < -0.39 is 0 Å². The van der Waals surface area contributed by atoms with Crippen molar-refractivity contribution in [2.24, 2.45) is 17.6 Å². The zero-order valence-corrected chi connectivity index (χ0v) is 8.16. The van der Waals surface area contributed by atoms with E-state index in [-0.39, 0.29) is 0 Å². The molecule has 0 aromatic rings. The van der Waals surface area contributed by atoms with E-state index in [1.54, 1.807) is 0 Å². The number of nitrogens with zero attached hydrogens (tertiary/aromatic N) is 1. The molecule has 1 aliphatic carbocycles. The molecule has 0 aromatic heterocycles. The highest BCUT2D eigenvalue weighted by Gasteiger charge is 2.40. The molecule has 1 heterocycles. The van der Waals surface area contributed by atoms with Gasteiger partial charge in [0.2, 0.25) is 0 Å². The Kier molecular flexibility index (Phi) is 2.13. The molecule has 1 unspecified atom stereocenters. The van der Waals surface area contributed by atoms with Gasteiger partial charge in [0.1, 0.15) is 0 Å². The summed E-state index contributed by atoms with van der Waals surface area (Å²) in [5.41, 5.74) is 6.12. The molecule has 2 N–H and O–H groups in total. The first-order valence-electron chi connectivity index (χ1n) is 5.18. The van der Waals surface area contributed by atoms with E-state index in [9.17, 15) is 0 Å². The number of fused-ring (bicyclic) bond motifs is 2. The Morgan fingerprint density at radius 3 is 2.08 bits per heavy atom. The van der Waals surface area contributed by atoms with Crippen molar-refractivity contribution in [2.75, 3.05) is 13.1 Å². The molecule has 0 aromatic carbocycles. The van der Waals surface area contributed by atoms with Crippen LogP contribution in [-0.2, 0) is 0 Å². The van der Waals surface area contributed by atoms with Crippen LogP contribution in [0.1, 0.15) is 26.7 Å². The summed E-state index contributed by atoms with van der Waals surface area (Å²) in [5, 5.41) is 0. The molecule has 0 spiro atoms. The molecule has 70 valence electrons. The number of likely N-dealkylation sites (tertiary alicyclic amines) is 1. The van der Waals surface area contributed by atoms with Crippen LogP contribution in [0.2, 0.25) is 0 Å². The highest BCUT2D eigenvalue weighted by molar-refractivity contribution is 4.95. The van der Waals surface area contributed by atoms with Crippen LogP contribution in [0, 0.1) is 11.8 Å². The third-order valence-corrected chi connectivity index (χ3v) is 3.67. The zero-order chi connectivity index (χ0) is 8.72. The Labute approximate surface area is 75.1 Å². The van der Waals surface area contributed by atoms with Gasteiger partial charge in [0, 0.05) is 25.2 Å². The third kappa shape index (κ3) is 1.27. The van der Waals surface area contributed by atoms with Crippen LogP contribution in [0.25, 0.3) is 0 Å². The number of nitrogens with two attached hydrogens (primary N) is 1. The number of hydrogen-bond acceptors (Lipinski definition) is 2. The fourth-order valence-corrected chi connectivity index (χ4v) is 2.72. The van der Waals surface area contributed by atoms with E-state index >= 15 is 0 Å². The maximum absolute atomic E-state index is 6.12. The molecule has 1 saturated carbocycles. The van der Waals surface area contributed by atoms with Crippen molar-refractivity contribution in [3.63, 3.8) is 0 Å². The van der Waals surface area contributed by atoms with Gasteiger partial charge in [-0.2, -0.15) is 0 Å². The summed E-state index contributed by atoms with van der Waals surface area (Å²) < 4.78 is 0. The Bertz CT molecular complexity index is 153. The van der Waals surface area contributed by atoms with Gasteiger partial charge in [-0.05, 0) is 38.5 Å². The SMILES string of the molecule is CC(C)N1C[C@H]2CC[C@@H](C1)C2N. The molecule has 2 bridgehead atoms. The van der Waals surface area contributed by atoms with E-state index in [4.69, 9.17) is 5.73 Å². The standard InChI is InChI=1S/C10H20N2/c1-7(2)12-5-8-3-4-9(6-12)10(8)11/h7-10H,3-6,11H2,1-2H3/t8-,9+,10?. The van der Waals surface area contributed by atoms with Crippen molar-refractivity contribution in [2.45, 2.75) is 38.8 Å². The molecule has 1 aliphatic heterocycles. The normalized spacial score (nSPS) is 42.5. The minimum Gasteiger partial charge on any atom is -0.327 e. The molecule has 2 fully saturated rings. The quantitative estimate of drug-likeness (QED) is 0.634. The van der Waals surface area contributed by atoms with E-state index in [1.165, 1.54) is 25.9 Å². The third-order valence-electron chi connectivity index (χ3n) is 3.67. The number of piperidine rings is 1. The van der Waals surface area contributed by atoms with E-state index in [1.807, 2.05) is 0 Å². The number of rotatable bonds is 1. The van der Waals surface area contributed by atoms with Gasteiger partial charge in [0.15, 0.2) is 0 Å². The fraction of sp³-hybridized carbons (Fsp3) is 1.00. The van der Waals surface area contributed by atoms with E-state index in [0.717, 1.165) is 11.8 Å². The second kappa shape index (κ2) is 3.00. The second-order valence-electron chi connectivity index (χ2n) is 4.72. The summed E-state index contributed by atoms with van der Waals surface area (Å²) in [6.45, 7) is 7.07.